The topological polar surface area (TPSA) is 33.5 Å². The highest BCUT2D eigenvalue weighted by molar-refractivity contribution is 5.95. The van der Waals surface area contributed by atoms with Crippen LogP contribution < -0.4 is 10.2 Å². The number of carbonyl (C=O) groups excluding carboxylic acids is 1. The highest BCUT2D eigenvalue weighted by atomic mass is 16.2. The van der Waals surface area contributed by atoms with Crippen LogP contribution in [-0.2, 0) is 11.3 Å². The number of benzene rings is 2. The fourth-order valence-electron chi connectivity index (χ4n) is 3.33. The van der Waals surface area contributed by atoms with Crippen LogP contribution in [0.5, 0.6) is 0 Å². The van der Waals surface area contributed by atoms with E-state index in [0.29, 0.717) is 0 Å². The molecular formula is C22H31N2O+. The van der Waals surface area contributed by atoms with Gasteiger partial charge in [0.25, 0.3) is 5.91 Å². The number of rotatable bonds is 5. The average Bonchev–Trinajstić information content (AvgIpc) is 2.52. The van der Waals surface area contributed by atoms with E-state index in [0.717, 1.165) is 23.4 Å². The number of amides is 1. The third kappa shape index (κ3) is 4.70. The molecule has 0 heterocycles. The number of hydrogen-bond acceptors (Lipinski definition) is 1. The minimum Gasteiger partial charge on any atom is -0.324 e. The molecule has 2 aromatic carbocycles. The van der Waals surface area contributed by atoms with E-state index in [2.05, 4.69) is 63.5 Å². The van der Waals surface area contributed by atoms with E-state index < -0.39 is 0 Å². The molecule has 0 saturated heterocycles. The molecule has 0 aromatic heterocycles. The molecule has 1 amide bonds. The lowest BCUT2D eigenvalue weighted by Crippen LogP contribution is -3.12. The van der Waals surface area contributed by atoms with Gasteiger partial charge in [0.1, 0.15) is 6.54 Å². The highest BCUT2D eigenvalue weighted by Gasteiger charge is 2.23. The first kappa shape index (κ1) is 19.2. The van der Waals surface area contributed by atoms with Gasteiger partial charge < -0.3 is 10.2 Å². The van der Waals surface area contributed by atoms with Gasteiger partial charge in [0.15, 0.2) is 6.04 Å². The molecule has 1 unspecified atom stereocenters. The lowest BCUT2D eigenvalue weighted by molar-refractivity contribution is -0.907. The normalized spacial score (nSPS) is 13.4. The van der Waals surface area contributed by atoms with Crippen LogP contribution in [0.15, 0.2) is 30.3 Å². The molecular weight excluding hydrogens is 308 g/mol. The summed E-state index contributed by atoms with van der Waals surface area (Å²) in [6, 6.07) is 10.6. The highest BCUT2D eigenvalue weighted by Crippen LogP contribution is 2.21. The Kier molecular flexibility index (Phi) is 6.02. The lowest BCUT2D eigenvalue weighted by Gasteiger charge is -2.23. The van der Waals surface area contributed by atoms with E-state index in [-0.39, 0.29) is 11.9 Å². The van der Waals surface area contributed by atoms with Crippen molar-refractivity contribution in [3.05, 3.63) is 63.7 Å². The van der Waals surface area contributed by atoms with E-state index >= 15 is 0 Å². The summed E-state index contributed by atoms with van der Waals surface area (Å²) in [7, 11) is 2.08. The summed E-state index contributed by atoms with van der Waals surface area (Å²) in [5, 5.41) is 3.14. The third-order valence-electron chi connectivity index (χ3n) is 5.03. The molecule has 0 spiro atoms. The maximum atomic E-state index is 12.7. The average molecular weight is 340 g/mol. The molecule has 0 aliphatic rings. The molecule has 3 nitrogen and oxygen atoms in total. The summed E-state index contributed by atoms with van der Waals surface area (Å²) < 4.78 is 0. The van der Waals surface area contributed by atoms with Crippen LogP contribution in [-0.4, -0.2) is 19.0 Å². The first-order valence-electron chi connectivity index (χ1n) is 8.96. The smallest absolute Gasteiger partial charge is 0.282 e. The zero-order valence-electron chi connectivity index (χ0n) is 16.6. The number of anilines is 1. The number of carbonyl (C=O) groups is 1. The second kappa shape index (κ2) is 7.83. The zero-order chi connectivity index (χ0) is 18.7. The molecule has 2 atom stereocenters. The minimum atomic E-state index is -0.124. The van der Waals surface area contributed by atoms with Crippen LogP contribution in [0.25, 0.3) is 0 Å². The Morgan fingerprint density at radius 3 is 2.08 bits per heavy atom. The van der Waals surface area contributed by atoms with Crippen LogP contribution >= 0.6 is 0 Å². The first-order chi connectivity index (χ1) is 11.7. The summed E-state index contributed by atoms with van der Waals surface area (Å²) >= 11 is 0. The van der Waals surface area contributed by atoms with Gasteiger partial charge in [0.05, 0.1) is 7.05 Å². The number of nitrogens with one attached hydrogen (secondary N) is 2. The Balaban J connectivity index is 2.09. The maximum absolute atomic E-state index is 12.7. The number of quaternary nitrogens is 1. The molecule has 0 bridgehead atoms. The van der Waals surface area contributed by atoms with Crippen LogP contribution in [0.4, 0.5) is 5.69 Å². The van der Waals surface area contributed by atoms with Crippen molar-refractivity contribution < 1.29 is 9.69 Å². The maximum Gasteiger partial charge on any atom is 0.282 e. The van der Waals surface area contributed by atoms with Gasteiger partial charge in [-0.15, -0.1) is 0 Å². The van der Waals surface area contributed by atoms with E-state index in [9.17, 15) is 4.79 Å². The van der Waals surface area contributed by atoms with E-state index in [1.54, 1.807) is 0 Å². The van der Waals surface area contributed by atoms with Crippen LogP contribution in [0.1, 0.15) is 40.3 Å². The van der Waals surface area contributed by atoms with Crippen molar-refractivity contribution in [1.29, 1.82) is 0 Å². The Hall–Kier alpha value is -2.13. The molecule has 3 heteroatoms. The first-order valence-corrected chi connectivity index (χ1v) is 8.96. The van der Waals surface area contributed by atoms with E-state index in [4.69, 9.17) is 0 Å². The fourth-order valence-corrected chi connectivity index (χ4v) is 3.33. The van der Waals surface area contributed by atoms with Crippen molar-refractivity contribution in [2.45, 2.75) is 54.1 Å². The van der Waals surface area contributed by atoms with Crippen molar-refractivity contribution in [3.8, 4) is 0 Å². The molecule has 0 radical (unpaired) electrons. The fraction of sp³-hybridized carbons (Fsp3) is 0.409. The molecule has 0 aliphatic heterocycles. The summed E-state index contributed by atoms with van der Waals surface area (Å²) in [6.07, 6.45) is 0. The third-order valence-corrected chi connectivity index (χ3v) is 5.03. The van der Waals surface area contributed by atoms with Crippen molar-refractivity contribution in [1.82, 2.24) is 0 Å². The van der Waals surface area contributed by atoms with Gasteiger partial charge in [0.2, 0.25) is 0 Å². The van der Waals surface area contributed by atoms with Crippen molar-refractivity contribution >= 4 is 11.6 Å². The molecule has 134 valence electrons. The van der Waals surface area contributed by atoms with Gasteiger partial charge in [0, 0.05) is 11.3 Å². The van der Waals surface area contributed by atoms with E-state index in [1.165, 1.54) is 27.2 Å². The van der Waals surface area contributed by atoms with Crippen LogP contribution in [0.2, 0.25) is 0 Å². The van der Waals surface area contributed by atoms with Crippen molar-refractivity contribution in [2.24, 2.45) is 0 Å². The molecule has 0 aliphatic carbocycles. The summed E-state index contributed by atoms with van der Waals surface area (Å²) in [6.45, 7) is 13.3. The molecule has 0 saturated carbocycles. The van der Waals surface area contributed by atoms with Gasteiger partial charge in [-0.05, 0) is 58.2 Å². The van der Waals surface area contributed by atoms with Crippen LogP contribution in [0, 0.1) is 34.6 Å². The van der Waals surface area contributed by atoms with Gasteiger partial charge in [-0.3, -0.25) is 4.79 Å². The molecule has 25 heavy (non-hydrogen) atoms. The number of aryl methyl sites for hydroxylation is 5. The van der Waals surface area contributed by atoms with Gasteiger partial charge in [-0.2, -0.15) is 0 Å². The zero-order valence-corrected chi connectivity index (χ0v) is 16.6. The SMILES string of the molecule is Cc1ccc(C[NH+](C)[C@H](C)C(=O)Nc2c(C)cc(C)cc2C)c(C)c1. The lowest BCUT2D eigenvalue weighted by atomic mass is 10.0. The van der Waals surface area contributed by atoms with Gasteiger partial charge >= 0.3 is 0 Å². The number of likely N-dealkylation sites (N-methyl/N-ethyl adjacent to an activating group) is 1. The van der Waals surface area contributed by atoms with Crippen molar-refractivity contribution in [3.63, 3.8) is 0 Å². The van der Waals surface area contributed by atoms with Crippen molar-refractivity contribution in [2.75, 3.05) is 12.4 Å². The Labute approximate surface area is 152 Å². The molecule has 2 aromatic rings. The Morgan fingerprint density at radius 1 is 0.960 bits per heavy atom. The Bertz CT molecular complexity index is 757. The second-order valence-electron chi connectivity index (χ2n) is 7.44. The molecule has 2 N–H and O–H groups in total. The summed E-state index contributed by atoms with van der Waals surface area (Å²) in [5.74, 6) is 0.0670. The van der Waals surface area contributed by atoms with E-state index in [1.807, 2.05) is 20.8 Å². The summed E-state index contributed by atoms with van der Waals surface area (Å²) in [5.41, 5.74) is 8.26. The predicted molar refractivity (Wildman–Crippen MR) is 105 cm³/mol. The molecule has 2 rings (SSSR count). The Morgan fingerprint density at radius 2 is 1.52 bits per heavy atom. The van der Waals surface area contributed by atoms with Crippen LogP contribution in [0.3, 0.4) is 0 Å². The summed E-state index contributed by atoms with van der Waals surface area (Å²) in [4.78, 5) is 13.9. The largest absolute Gasteiger partial charge is 0.324 e. The van der Waals surface area contributed by atoms with Gasteiger partial charge in [-0.25, -0.2) is 0 Å². The number of hydrogen-bond donors (Lipinski definition) is 2. The predicted octanol–water partition coefficient (Wildman–Crippen LogP) is 3.27. The monoisotopic (exact) mass is 339 g/mol. The minimum absolute atomic E-state index is 0.0670. The van der Waals surface area contributed by atoms with Gasteiger partial charge in [-0.1, -0.05) is 41.5 Å². The molecule has 0 fully saturated rings. The second-order valence-corrected chi connectivity index (χ2v) is 7.44. The quantitative estimate of drug-likeness (QED) is 0.861. The standard InChI is InChI=1S/C22H30N2O/c1-14-8-9-20(16(3)10-14)13-24(7)19(6)22(25)23-21-17(4)11-15(2)12-18(21)5/h8-12,19H,13H2,1-7H3,(H,23,25)/p+1/t19-/m1/s1.